The van der Waals surface area contributed by atoms with Gasteiger partial charge in [0.2, 0.25) is 0 Å². The van der Waals surface area contributed by atoms with E-state index in [0.717, 1.165) is 60.2 Å². The molecule has 9 nitrogen and oxygen atoms in total. The molecule has 0 atom stereocenters. The lowest BCUT2D eigenvalue weighted by Gasteiger charge is -2.30. The van der Waals surface area contributed by atoms with Crippen molar-refractivity contribution < 1.29 is 7.65 Å². The van der Waals surface area contributed by atoms with Crippen molar-refractivity contribution in [1.29, 1.82) is 0 Å². The van der Waals surface area contributed by atoms with E-state index < -0.39 is 0 Å². The predicted molar refractivity (Wildman–Crippen MR) is 133 cm³/mol. The Morgan fingerprint density at radius 2 is 2.12 bits per heavy atom. The molecule has 0 spiro atoms. The summed E-state index contributed by atoms with van der Waals surface area (Å²) in [4.78, 5) is 26.0. The van der Waals surface area contributed by atoms with Crippen molar-refractivity contribution in [3.63, 3.8) is 0 Å². The molecule has 2 N–H and O–H groups in total. The number of anilines is 1. The first kappa shape index (κ1) is 21.6. The molecule has 10 heteroatoms. The fourth-order valence-corrected chi connectivity index (χ4v) is 5.49. The number of amides is 1. The Hall–Kier alpha value is -3.27. The lowest BCUT2D eigenvalue weighted by molar-refractivity contribution is 0.0925. The van der Waals surface area contributed by atoms with Crippen LogP contribution in [0.25, 0.3) is 11.5 Å². The summed E-state index contributed by atoms with van der Waals surface area (Å²) < 4.78 is 1.90. The molecule has 0 bridgehead atoms. The zero-order valence-corrected chi connectivity index (χ0v) is 19.3. The highest BCUT2D eigenvalue weighted by Gasteiger charge is 2.41. The molecule has 1 fully saturated rings. The number of carbonyl (C=O) groups is 1. The minimum absolute atomic E-state index is 0. The van der Waals surface area contributed by atoms with Crippen molar-refractivity contribution in [2.45, 2.75) is 37.8 Å². The Bertz CT molecular complexity index is 1180. The third-order valence-corrected chi connectivity index (χ3v) is 7.34. The molecule has 1 aliphatic heterocycles. The van der Waals surface area contributed by atoms with Crippen LogP contribution in [-0.4, -0.2) is 53.5 Å². The molecule has 0 radical (unpaired) electrons. The molecular weight excluding hydrogens is 436 g/mol. The van der Waals surface area contributed by atoms with E-state index in [4.69, 9.17) is 0 Å². The largest absolute Gasteiger partial charge is 0.378 e. The van der Waals surface area contributed by atoms with Gasteiger partial charge in [-0.1, -0.05) is 18.9 Å². The van der Waals surface area contributed by atoms with Crippen molar-refractivity contribution in [1.82, 2.24) is 30.0 Å². The van der Waals surface area contributed by atoms with Crippen LogP contribution in [0.3, 0.4) is 0 Å². The van der Waals surface area contributed by atoms with Gasteiger partial charge in [0.25, 0.3) is 5.91 Å². The van der Waals surface area contributed by atoms with Gasteiger partial charge < -0.3 is 15.2 Å². The number of aliphatic imine (C=N–C) groups is 1. The van der Waals surface area contributed by atoms with Crippen LogP contribution in [0.1, 0.15) is 44.7 Å². The SMILES string of the molecule is Cn1c(CNc2cccc(C(=O)NC3(C4=NCCS4)CCCC3)c2)nnc1-c1ccncn1.[HH].[HH]. The first-order valence-electron chi connectivity index (χ1n) is 11.1. The first-order valence-corrected chi connectivity index (χ1v) is 12.1. The number of rotatable bonds is 7. The molecule has 5 rings (SSSR count). The Balaban J connectivity index is 0.00000171. The number of hydrogen-bond donors (Lipinski definition) is 2. The second kappa shape index (κ2) is 9.30. The Labute approximate surface area is 199 Å². The summed E-state index contributed by atoms with van der Waals surface area (Å²) in [6.07, 6.45) is 7.34. The van der Waals surface area contributed by atoms with Gasteiger partial charge >= 0.3 is 0 Å². The standard InChI is InChI=1S/C23H26N8OS.2H2/c1-31-19(29-30-20(31)18-7-10-24-15-27-18)14-26-17-6-4-5-16(13-17)21(32)28-23(8-2-3-9-23)22-25-11-12-33-22;;/h4-7,10,13,15,26H,2-3,8-9,11-12,14H2,1H3,(H,28,32);2*1H. The normalized spacial score (nSPS) is 17.1. The van der Waals surface area contributed by atoms with Gasteiger partial charge in [0.1, 0.15) is 12.0 Å². The van der Waals surface area contributed by atoms with Crippen LogP contribution >= 0.6 is 11.8 Å². The zero-order chi connectivity index (χ0) is 22.7. The minimum Gasteiger partial charge on any atom is -0.378 e. The van der Waals surface area contributed by atoms with Crippen molar-refractivity contribution in [2.24, 2.45) is 12.0 Å². The number of nitrogens with zero attached hydrogens (tertiary/aromatic N) is 6. The Morgan fingerprint density at radius 1 is 1.24 bits per heavy atom. The molecule has 2 aliphatic rings. The van der Waals surface area contributed by atoms with E-state index in [1.54, 1.807) is 24.0 Å². The third-order valence-electron chi connectivity index (χ3n) is 6.16. The summed E-state index contributed by atoms with van der Waals surface area (Å²) in [5, 5.41) is 16.3. The number of aromatic nitrogens is 5. The van der Waals surface area contributed by atoms with Crippen molar-refractivity contribution in [2.75, 3.05) is 17.6 Å². The number of hydrogen-bond acceptors (Lipinski definition) is 8. The summed E-state index contributed by atoms with van der Waals surface area (Å²) in [7, 11) is 1.91. The predicted octanol–water partition coefficient (Wildman–Crippen LogP) is 3.56. The van der Waals surface area contributed by atoms with Gasteiger partial charge in [-0.2, -0.15) is 0 Å². The van der Waals surface area contributed by atoms with Gasteiger partial charge in [-0.05, 0) is 37.1 Å². The maximum absolute atomic E-state index is 13.2. The second-order valence-corrected chi connectivity index (χ2v) is 9.39. The monoisotopic (exact) mass is 466 g/mol. The van der Waals surface area contributed by atoms with E-state index in [1.807, 2.05) is 35.9 Å². The number of thioether (sulfide) groups is 1. The van der Waals surface area contributed by atoms with Crippen LogP contribution in [0.15, 0.2) is 47.8 Å². The van der Waals surface area contributed by atoms with Gasteiger partial charge in [-0.3, -0.25) is 9.79 Å². The summed E-state index contributed by atoms with van der Waals surface area (Å²) >= 11 is 1.79. The highest BCUT2D eigenvalue weighted by molar-refractivity contribution is 8.14. The zero-order valence-electron chi connectivity index (χ0n) is 18.5. The van der Waals surface area contributed by atoms with Crippen LogP contribution < -0.4 is 10.6 Å². The fourth-order valence-electron chi connectivity index (χ4n) is 4.40. The van der Waals surface area contributed by atoms with E-state index in [1.165, 1.54) is 6.33 Å². The van der Waals surface area contributed by atoms with Gasteiger partial charge in [-0.25, -0.2) is 9.97 Å². The topological polar surface area (TPSA) is 110 Å². The van der Waals surface area contributed by atoms with Gasteiger partial charge in [-0.15, -0.1) is 22.0 Å². The van der Waals surface area contributed by atoms with E-state index in [2.05, 4.69) is 35.8 Å². The van der Waals surface area contributed by atoms with Gasteiger partial charge in [0.05, 0.1) is 17.1 Å². The number of benzene rings is 1. The van der Waals surface area contributed by atoms with Crippen molar-refractivity contribution in [3.8, 4) is 11.5 Å². The maximum Gasteiger partial charge on any atom is 0.252 e. The van der Waals surface area contributed by atoms with Crippen LogP contribution in [0.4, 0.5) is 5.69 Å². The molecule has 0 saturated heterocycles. The highest BCUT2D eigenvalue weighted by Crippen LogP contribution is 2.37. The average Bonchev–Trinajstić information content (AvgIpc) is 3.61. The quantitative estimate of drug-likeness (QED) is 0.548. The number of carbonyl (C=O) groups excluding carboxylic acids is 1. The summed E-state index contributed by atoms with van der Waals surface area (Å²) in [5.74, 6) is 2.39. The third kappa shape index (κ3) is 4.47. The molecule has 1 amide bonds. The smallest absolute Gasteiger partial charge is 0.252 e. The van der Waals surface area contributed by atoms with Crippen LogP contribution in [-0.2, 0) is 13.6 Å². The second-order valence-electron chi connectivity index (χ2n) is 8.31. The van der Waals surface area contributed by atoms with E-state index >= 15 is 0 Å². The lowest BCUT2D eigenvalue weighted by Crippen LogP contribution is -2.51. The first-order chi connectivity index (χ1) is 16.1. The van der Waals surface area contributed by atoms with Crippen LogP contribution in [0, 0.1) is 0 Å². The molecule has 1 aliphatic carbocycles. The molecule has 174 valence electrons. The molecule has 2 aromatic heterocycles. The van der Waals surface area contributed by atoms with Gasteiger partial charge in [0.15, 0.2) is 11.6 Å². The van der Waals surface area contributed by atoms with Crippen LogP contribution in [0.2, 0.25) is 0 Å². The minimum atomic E-state index is -0.294. The molecule has 1 aromatic carbocycles. The highest BCUT2D eigenvalue weighted by atomic mass is 32.2. The molecule has 3 heterocycles. The fraction of sp³-hybridized carbons (Fsp3) is 0.391. The molecule has 3 aromatic rings. The number of nitrogens with one attached hydrogen (secondary N) is 2. The van der Waals surface area contributed by atoms with Crippen LogP contribution in [0.5, 0.6) is 0 Å². The summed E-state index contributed by atoms with van der Waals surface area (Å²) in [5.41, 5.74) is 1.91. The van der Waals surface area contributed by atoms with Crippen molar-refractivity contribution >= 4 is 28.4 Å². The maximum atomic E-state index is 13.2. The molecule has 1 saturated carbocycles. The Kier molecular flexibility index (Phi) is 6.08. The summed E-state index contributed by atoms with van der Waals surface area (Å²) in [6, 6.07) is 9.37. The molecule has 0 unspecified atom stereocenters. The van der Waals surface area contributed by atoms with E-state index in [0.29, 0.717) is 17.9 Å². The Morgan fingerprint density at radius 3 is 2.88 bits per heavy atom. The summed E-state index contributed by atoms with van der Waals surface area (Å²) in [6.45, 7) is 1.31. The van der Waals surface area contributed by atoms with E-state index in [9.17, 15) is 4.79 Å². The van der Waals surface area contributed by atoms with E-state index in [-0.39, 0.29) is 14.3 Å². The average molecular weight is 467 g/mol. The van der Waals surface area contributed by atoms with Gasteiger partial charge in [0, 0.05) is 39.6 Å². The van der Waals surface area contributed by atoms with Crippen molar-refractivity contribution in [3.05, 3.63) is 54.2 Å². The molecule has 33 heavy (non-hydrogen) atoms. The molecular formula is C23H30N8OS. The lowest BCUT2D eigenvalue weighted by atomic mass is 9.98.